The van der Waals surface area contributed by atoms with Crippen molar-refractivity contribution in [2.45, 2.75) is 271 Å². The molecule has 0 saturated carbocycles. The van der Waals surface area contributed by atoms with Gasteiger partial charge in [-0.05, 0) is 148 Å². The number of carbonyl (C=O) groups excluding carboxylic acids is 3. The summed E-state index contributed by atoms with van der Waals surface area (Å²) in [7, 11) is 0. The first kappa shape index (κ1) is 77.5. The van der Waals surface area contributed by atoms with Gasteiger partial charge in [0.15, 0.2) is 6.10 Å². The van der Waals surface area contributed by atoms with E-state index in [1.807, 2.05) is 12.2 Å². The fourth-order valence-corrected chi connectivity index (χ4v) is 8.48. The topological polar surface area (TPSA) is 78.9 Å². The second-order valence-corrected chi connectivity index (χ2v) is 21.3. The van der Waals surface area contributed by atoms with Gasteiger partial charge in [0, 0.05) is 19.3 Å². The number of carbonyl (C=O) groups is 3. The van der Waals surface area contributed by atoms with E-state index in [2.05, 4.69) is 191 Å². The van der Waals surface area contributed by atoms with Crippen molar-refractivity contribution < 1.29 is 28.6 Å². The maximum absolute atomic E-state index is 12.9. The van der Waals surface area contributed by atoms with Gasteiger partial charge in [-0.2, -0.15) is 0 Å². The zero-order valence-electron chi connectivity index (χ0n) is 53.1. The summed E-state index contributed by atoms with van der Waals surface area (Å²) < 4.78 is 16.8. The van der Waals surface area contributed by atoms with Gasteiger partial charge in [-0.1, -0.05) is 280 Å². The fraction of sp³-hybridized carbons (Fsp3) is 0.571. The molecule has 0 radical (unpaired) electrons. The SMILES string of the molecule is CC/C=C\C/C=C\C/C=C\C/C=C\C/C=C\C/C=C\C/C=C\C/C=C\CCCCCCCCC(=O)OCC(COC(=O)CCCCCCC/C=C\CCCCCCCC)OC(=O)CC/C=C\C/C=C\C/C=C\C/C=C\C/C=C\C/C=C\CC. The van der Waals surface area contributed by atoms with Crippen LogP contribution in [0.15, 0.2) is 182 Å². The Morgan fingerprint density at radius 3 is 0.795 bits per heavy atom. The van der Waals surface area contributed by atoms with Crippen LogP contribution >= 0.6 is 0 Å². The summed E-state index contributed by atoms with van der Waals surface area (Å²) in [6.07, 6.45) is 103. The molecule has 0 rings (SSSR count). The molecule has 0 aliphatic rings. The number of unbranched alkanes of at least 4 members (excludes halogenated alkanes) is 17. The zero-order chi connectivity index (χ0) is 59.9. The highest BCUT2D eigenvalue weighted by Crippen LogP contribution is 2.13. The van der Waals surface area contributed by atoms with Crippen LogP contribution in [0.25, 0.3) is 0 Å². The molecule has 0 spiro atoms. The predicted octanol–water partition coefficient (Wildman–Crippen LogP) is 23.2. The van der Waals surface area contributed by atoms with E-state index in [0.29, 0.717) is 19.3 Å². The van der Waals surface area contributed by atoms with E-state index in [1.165, 1.54) is 64.2 Å². The van der Waals surface area contributed by atoms with E-state index < -0.39 is 12.1 Å². The van der Waals surface area contributed by atoms with Gasteiger partial charge in [0.25, 0.3) is 0 Å². The van der Waals surface area contributed by atoms with Gasteiger partial charge in [-0.25, -0.2) is 0 Å². The van der Waals surface area contributed by atoms with Crippen LogP contribution in [-0.2, 0) is 28.6 Å². The zero-order valence-corrected chi connectivity index (χ0v) is 53.1. The largest absolute Gasteiger partial charge is 0.462 e. The van der Waals surface area contributed by atoms with Crippen LogP contribution in [0.3, 0.4) is 0 Å². The Morgan fingerprint density at radius 2 is 0.494 bits per heavy atom. The van der Waals surface area contributed by atoms with Crippen LogP contribution in [-0.4, -0.2) is 37.2 Å². The van der Waals surface area contributed by atoms with E-state index in [4.69, 9.17) is 14.2 Å². The molecule has 0 aromatic heterocycles. The fourth-order valence-electron chi connectivity index (χ4n) is 8.48. The minimum absolute atomic E-state index is 0.125. The van der Waals surface area contributed by atoms with Gasteiger partial charge in [-0.3, -0.25) is 14.4 Å². The summed E-state index contributed by atoms with van der Waals surface area (Å²) in [5.74, 6) is -1.04. The lowest BCUT2D eigenvalue weighted by atomic mass is 10.1. The normalized spacial score (nSPS) is 13.3. The van der Waals surface area contributed by atoms with Crippen LogP contribution in [0.4, 0.5) is 0 Å². The molecule has 6 heteroatoms. The molecule has 0 amide bonds. The molecule has 0 saturated heterocycles. The lowest BCUT2D eigenvalue weighted by Gasteiger charge is -2.18. The highest BCUT2D eigenvalue weighted by atomic mass is 16.6. The molecule has 0 aromatic rings. The minimum atomic E-state index is -0.840. The lowest BCUT2D eigenvalue weighted by Crippen LogP contribution is -2.30. The van der Waals surface area contributed by atoms with Crippen LogP contribution in [0.5, 0.6) is 0 Å². The first-order chi connectivity index (χ1) is 41.0. The molecule has 0 heterocycles. The van der Waals surface area contributed by atoms with Crippen molar-refractivity contribution in [1.29, 1.82) is 0 Å². The smallest absolute Gasteiger partial charge is 0.306 e. The highest BCUT2D eigenvalue weighted by Gasteiger charge is 2.19. The van der Waals surface area contributed by atoms with Crippen LogP contribution in [0, 0.1) is 0 Å². The van der Waals surface area contributed by atoms with Gasteiger partial charge >= 0.3 is 17.9 Å². The number of esters is 3. The van der Waals surface area contributed by atoms with Gasteiger partial charge in [0.05, 0.1) is 0 Å². The molecular weight excluding hydrogens is 1020 g/mol. The molecule has 83 heavy (non-hydrogen) atoms. The second-order valence-electron chi connectivity index (χ2n) is 21.3. The highest BCUT2D eigenvalue weighted by molar-refractivity contribution is 5.71. The Morgan fingerprint density at radius 1 is 0.253 bits per heavy atom. The maximum Gasteiger partial charge on any atom is 0.306 e. The molecule has 464 valence electrons. The Bertz CT molecular complexity index is 1940. The average molecular weight is 1140 g/mol. The third-order valence-electron chi connectivity index (χ3n) is 13.4. The molecule has 1 atom stereocenters. The van der Waals surface area contributed by atoms with Crippen molar-refractivity contribution in [3.8, 4) is 0 Å². The molecule has 1 unspecified atom stereocenters. The first-order valence-corrected chi connectivity index (χ1v) is 33.3. The Hall–Kier alpha value is -5.49. The third-order valence-corrected chi connectivity index (χ3v) is 13.4. The van der Waals surface area contributed by atoms with Gasteiger partial charge in [0.1, 0.15) is 13.2 Å². The van der Waals surface area contributed by atoms with Gasteiger partial charge in [-0.15, -0.1) is 0 Å². The number of ether oxygens (including phenoxy) is 3. The molecular formula is C77H120O6. The van der Waals surface area contributed by atoms with Crippen LogP contribution < -0.4 is 0 Å². The van der Waals surface area contributed by atoms with E-state index in [9.17, 15) is 14.4 Å². The van der Waals surface area contributed by atoms with Crippen molar-refractivity contribution >= 4 is 17.9 Å². The molecule has 0 N–H and O–H groups in total. The average Bonchev–Trinajstić information content (AvgIpc) is 3.49. The van der Waals surface area contributed by atoms with Gasteiger partial charge in [0.2, 0.25) is 0 Å². The third kappa shape index (κ3) is 67.2. The number of hydrogen-bond donors (Lipinski definition) is 0. The van der Waals surface area contributed by atoms with Crippen LogP contribution in [0.1, 0.15) is 265 Å². The summed E-state index contributed by atoms with van der Waals surface area (Å²) in [6.45, 7) is 6.32. The molecule has 0 bridgehead atoms. The second kappa shape index (κ2) is 69.0. The summed E-state index contributed by atoms with van der Waals surface area (Å²) in [4.78, 5) is 38.3. The maximum atomic E-state index is 12.9. The Balaban J connectivity index is 4.48. The van der Waals surface area contributed by atoms with E-state index >= 15 is 0 Å². The van der Waals surface area contributed by atoms with E-state index in [-0.39, 0.29) is 31.6 Å². The minimum Gasteiger partial charge on any atom is -0.462 e. The first-order valence-electron chi connectivity index (χ1n) is 33.3. The van der Waals surface area contributed by atoms with E-state index in [0.717, 1.165) is 154 Å². The number of hydrogen-bond acceptors (Lipinski definition) is 6. The summed E-state index contributed by atoms with van der Waals surface area (Å²) in [6, 6.07) is 0. The molecule has 0 fully saturated rings. The quantitative estimate of drug-likeness (QED) is 0.0261. The molecule has 0 aromatic carbocycles. The van der Waals surface area contributed by atoms with Crippen LogP contribution in [0.2, 0.25) is 0 Å². The van der Waals surface area contributed by atoms with Gasteiger partial charge < -0.3 is 14.2 Å². The van der Waals surface area contributed by atoms with Crippen molar-refractivity contribution in [3.05, 3.63) is 182 Å². The predicted molar refractivity (Wildman–Crippen MR) is 361 cm³/mol. The molecule has 6 nitrogen and oxygen atoms in total. The molecule has 0 aliphatic carbocycles. The Labute approximate surface area is 510 Å². The lowest BCUT2D eigenvalue weighted by molar-refractivity contribution is -0.166. The van der Waals surface area contributed by atoms with Crippen molar-refractivity contribution in [2.75, 3.05) is 13.2 Å². The Kier molecular flexibility index (Phi) is 64.4. The monoisotopic (exact) mass is 1140 g/mol. The number of rotatable bonds is 58. The molecule has 0 aliphatic heterocycles. The van der Waals surface area contributed by atoms with Crippen molar-refractivity contribution in [3.63, 3.8) is 0 Å². The summed E-state index contributed by atoms with van der Waals surface area (Å²) in [5, 5.41) is 0. The summed E-state index contributed by atoms with van der Waals surface area (Å²) in [5.41, 5.74) is 0. The van der Waals surface area contributed by atoms with Crippen molar-refractivity contribution in [2.24, 2.45) is 0 Å². The van der Waals surface area contributed by atoms with Crippen molar-refractivity contribution in [1.82, 2.24) is 0 Å². The standard InChI is InChI=1S/C77H120O6/c1-4-7-10-13-16-19-22-25-28-30-32-33-34-35-36-37-38-39-40-41-42-43-45-46-49-52-55-58-61-64-67-70-76(79)82-73-74(72-81-75(78)69-66-63-60-57-54-51-48-27-24-21-18-15-12-9-6-3)83-77(80)71-68-65-62-59-56-53-50-47-44-31-29-26-23-20-17-14-11-8-5-2/h7-8,10-11,16-17,19-20,25-29,32-33,35-36,38-39,41-42,44-48,53,56,62,65,74H,4-6,9,12-15,18,21-24,30-31,34,37,40,43,49-52,54-55,57-61,63-64,66-73H2,1-3H3/b10-7-,11-8-,19-16-,20-17-,28-25-,29-26-,33-32-,36-35-,39-38-,42-41-,46-45-,47-44-,48-27-,56-53-,65-62-. The van der Waals surface area contributed by atoms with E-state index in [1.54, 1.807) is 0 Å². The summed E-state index contributed by atoms with van der Waals surface area (Å²) >= 11 is 0. The number of allylic oxidation sites excluding steroid dienone is 30.